The van der Waals surface area contributed by atoms with Gasteiger partial charge in [0.15, 0.2) is 0 Å². The minimum Gasteiger partial charge on any atom is -0.352 e. The van der Waals surface area contributed by atoms with Gasteiger partial charge >= 0.3 is 6.03 Å². The summed E-state index contributed by atoms with van der Waals surface area (Å²) in [5.74, 6) is -0.997. The molecule has 1 atom stereocenters. The fraction of sp³-hybridized carbons (Fsp3) is 0.333. The van der Waals surface area contributed by atoms with Crippen LogP contribution in [-0.4, -0.2) is 18.0 Å². The number of benzene rings is 1. The molecule has 7 heteroatoms. The van der Waals surface area contributed by atoms with E-state index >= 15 is 0 Å². The molecule has 0 bridgehead atoms. The van der Waals surface area contributed by atoms with E-state index in [0.717, 1.165) is 6.07 Å². The number of carbonyl (C=O) groups is 2. The molecule has 1 rings (SSSR count). The predicted octanol–water partition coefficient (Wildman–Crippen LogP) is 2.25. The molecule has 0 heterocycles. The summed E-state index contributed by atoms with van der Waals surface area (Å²) >= 11 is 5.61. The molecule has 0 fully saturated rings. The van der Waals surface area contributed by atoms with Crippen LogP contribution in [0.3, 0.4) is 0 Å². The number of nitrogens with two attached hydrogens (primary N) is 1. The summed E-state index contributed by atoms with van der Waals surface area (Å²) < 4.78 is 13.0. The highest BCUT2D eigenvalue weighted by Crippen LogP contribution is 2.19. The topological polar surface area (TPSA) is 84.2 Å². The summed E-state index contributed by atoms with van der Waals surface area (Å²) in [5, 5.41) is 4.80. The summed E-state index contributed by atoms with van der Waals surface area (Å²) in [7, 11) is 0. The smallest absolute Gasteiger partial charge is 0.312 e. The molecule has 104 valence electrons. The van der Waals surface area contributed by atoms with Gasteiger partial charge in [0.2, 0.25) is 5.91 Å². The maximum atomic E-state index is 13.0. The van der Waals surface area contributed by atoms with Crippen LogP contribution in [-0.2, 0) is 4.79 Å². The average Bonchev–Trinajstić information content (AvgIpc) is 2.33. The molecule has 0 aliphatic heterocycles. The normalized spacial score (nSPS) is 11.7. The Bertz CT molecular complexity index is 482. The fourth-order valence-corrected chi connectivity index (χ4v) is 1.71. The van der Waals surface area contributed by atoms with Crippen LogP contribution in [0.25, 0.3) is 0 Å². The van der Waals surface area contributed by atoms with E-state index in [1.807, 2.05) is 6.92 Å². The molecular weight excluding hydrogens is 273 g/mol. The monoisotopic (exact) mass is 287 g/mol. The van der Waals surface area contributed by atoms with Gasteiger partial charge in [-0.3, -0.25) is 4.79 Å². The molecule has 1 aromatic carbocycles. The molecule has 0 saturated carbocycles. The SMILES string of the molecule is CCC[C@H](NC(N)=O)C(=O)Nc1ccc(F)c(Cl)c1. The highest BCUT2D eigenvalue weighted by molar-refractivity contribution is 6.31. The largest absolute Gasteiger partial charge is 0.352 e. The highest BCUT2D eigenvalue weighted by Gasteiger charge is 2.19. The third kappa shape index (κ3) is 4.75. The zero-order chi connectivity index (χ0) is 14.4. The Morgan fingerprint density at radius 3 is 2.68 bits per heavy atom. The first-order valence-electron chi connectivity index (χ1n) is 5.76. The van der Waals surface area contributed by atoms with Gasteiger partial charge in [-0.05, 0) is 24.6 Å². The number of rotatable bonds is 5. The van der Waals surface area contributed by atoms with Crippen molar-refractivity contribution < 1.29 is 14.0 Å². The zero-order valence-electron chi connectivity index (χ0n) is 10.4. The van der Waals surface area contributed by atoms with Crippen molar-refractivity contribution in [3.05, 3.63) is 29.0 Å². The van der Waals surface area contributed by atoms with E-state index in [1.54, 1.807) is 0 Å². The lowest BCUT2D eigenvalue weighted by molar-refractivity contribution is -0.118. The minimum atomic E-state index is -0.772. The first-order chi connectivity index (χ1) is 8.93. The first-order valence-corrected chi connectivity index (χ1v) is 6.13. The Hall–Kier alpha value is -1.82. The predicted molar refractivity (Wildman–Crippen MR) is 71.5 cm³/mol. The quantitative estimate of drug-likeness (QED) is 0.776. The van der Waals surface area contributed by atoms with Crippen molar-refractivity contribution in [2.75, 3.05) is 5.32 Å². The summed E-state index contributed by atoms with van der Waals surface area (Å²) in [6, 6.07) is 2.32. The molecule has 4 N–H and O–H groups in total. The van der Waals surface area contributed by atoms with E-state index in [1.165, 1.54) is 12.1 Å². The molecule has 0 aromatic heterocycles. The van der Waals surface area contributed by atoms with E-state index in [4.69, 9.17) is 17.3 Å². The lowest BCUT2D eigenvalue weighted by Gasteiger charge is -2.16. The Kier molecular flexibility index (Phi) is 5.57. The number of anilines is 1. The molecular formula is C12H15ClFN3O2. The van der Waals surface area contributed by atoms with Crippen LogP contribution in [0.15, 0.2) is 18.2 Å². The van der Waals surface area contributed by atoms with Crippen LogP contribution in [0, 0.1) is 5.82 Å². The maximum absolute atomic E-state index is 13.0. The standard InChI is InChI=1S/C12H15ClFN3O2/c1-2-3-10(17-12(15)19)11(18)16-7-4-5-9(14)8(13)6-7/h4-6,10H,2-3H2,1H3,(H,16,18)(H3,15,17,19)/t10-/m0/s1. The van der Waals surface area contributed by atoms with Gasteiger partial charge in [-0.15, -0.1) is 0 Å². The molecule has 1 aromatic rings. The molecule has 5 nitrogen and oxygen atoms in total. The molecule has 3 amide bonds. The summed E-state index contributed by atoms with van der Waals surface area (Å²) in [5.41, 5.74) is 5.35. The molecule has 0 unspecified atom stereocenters. The third-order valence-electron chi connectivity index (χ3n) is 2.40. The number of halogens is 2. The molecule has 0 aliphatic rings. The summed E-state index contributed by atoms with van der Waals surface area (Å²) in [4.78, 5) is 22.7. The van der Waals surface area contributed by atoms with Gasteiger partial charge in [0.05, 0.1) is 5.02 Å². The molecule has 0 radical (unpaired) electrons. The van der Waals surface area contributed by atoms with Crippen LogP contribution in [0.4, 0.5) is 14.9 Å². The molecule has 0 spiro atoms. The molecule has 0 saturated heterocycles. The van der Waals surface area contributed by atoms with Gasteiger partial charge in [0, 0.05) is 5.69 Å². The number of amides is 3. The van der Waals surface area contributed by atoms with Crippen LogP contribution in [0.5, 0.6) is 0 Å². The van der Waals surface area contributed by atoms with Gasteiger partial charge in [0.1, 0.15) is 11.9 Å². The second-order valence-electron chi connectivity index (χ2n) is 3.97. The van der Waals surface area contributed by atoms with Gasteiger partial charge in [0.25, 0.3) is 0 Å². The van der Waals surface area contributed by atoms with Crippen molar-refractivity contribution >= 4 is 29.2 Å². The Balaban J connectivity index is 2.74. The van der Waals surface area contributed by atoms with Crippen molar-refractivity contribution in [1.82, 2.24) is 5.32 Å². The Morgan fingerprint density at radius 1 is 1.47 bits per heavy atom. The van der Waals surface area contributed by atoms with Crippen LogP contribution in [0.1, 0.15) is 19.8 Å². The number of primary amides is 1. The minimum absolute atomic E-state index is 0.0901. The van der Waals surface area contributed by atoms with E-state index in [9.17, 15) is 14.0 Å². The molecule has 19 heavy (non-hydrogen) atoms. The number of hydrogen-bond donors (Lipinski definition) is 3. The Labute approximate surface area is 115 Å². The number of nitrogens with one attached hydrogen (secondary N) is 2. The summed E-state index contributed by atoms with van der Waals surface area (Å²) in [6.45, 7) is 1.87. The third-order valence-corrected chi connectivity index (χ3v) is 2.69. The van der Waals surface area contributed by atoms with Crippen molar-refractivity contribution in [3.63, 3.8) is 0 Å². The Morgan fingerprint density at radius 2 is 2.16 bits per heavy atom. The second-order valence-corrected chi connectivity index (χ2v) is 4.38. The van der Waals surface area contributed by atoms with Crippen molar-refractivity contribution in [3.8, 4) is 0 Å². The fourth-order valence-electron chi connectivity index (χ4n) is 1.53. The number of carbonyl (C=O) groups excluding carboxylic acids is 2. The van der Waals surface area contributed by atoms with Crippen LogP contribution < -0.4 is 16.4 Å². The van der Waals surface area contributed by atoms with Crippen molar-refractivity contribution in [1.29, 1.82) is 0 Å². The van der Waals surface area contributed by atoms with E-state index in [-0.39, 0.29) is 5.02 Å². The van der Waals surface area contributed by atoms with E-state index < -0.39 is 23.8 Å². The number of urea groups is 1. The van der Waals surface area contributed by atoms with Gasteiger partial charge < -0.3 is 16.4 Å². The maximum Gasteiger partial charge on any atom is 0.312 e. The molecule has 0 aliphatic carbocycles. The van der Waals surface area contributed by atoms with Gasteiger partial charge in [-0.2, -0.15) is 0 Å². The zero-order valence-corrected chi connectivity index (χ0v) is 11.1. The van der Waals surface area contributed by atoms with Crippen LogP contribution >= 0.6 is 11.6 Å². The van der Waals surface area contributed by atoms with Crippen molar-refractivity contribution in [2.45, 2.75) is 25.8 Å². The second kappa shape index (κ2) is 6.94. The van der Waals surface area contributed by atoms with Gasteiger partial charge in [-0.25, -0.2) is 9.18 Å². The highest BCUT2D eigenvalue weighted by atomic mass is 35.5. The lowest BCUT2D eigenvalue weighted by atomic mass is 10.1. The summed E-state index contributed by atoms with van der Waals surface area (Å²) in [6.07, 6.45) is 1.15. The van der Waals surface area contributed by atoms with Crippen LogP contribution in [0.2, 0.25) is 5.02 Å². The van der Waals surface area contributed by atoms with Gasteiger partial charge in [-0.1, -0.05) is 24.9 Å². The first kappa shape index (κ1) is 15.2. The average molecular weight is 288 g/mol. The lowest BCUT2D eigenvalue weighted by Crippen LogP contribution is -2.46. The van der Waals surface area contributed by atoms with E-state index in [0.29, 0.717) is 18.5 Å². The van der Waals surface area contributed by atoms with E-state index in [2.05, 4.69) is 10.6 Å². The number of hydrogen-bond acceptors (Lipinski definition) is 2. The van der Waals surface area contributed by atoms with Crippen molar-refractivity contribution in [2.24, 2.45) is 5.73 Å².